The summed E-state index contributed by atoms with van der Waals surface area (Å²) in [5.74, 6) is 0.406. The van der Waals surface area contributed by atoms with Gasteiger partial charge in [-0.1, -0.05) is 74.5 Å². The number of hydrogen-bond acceptors (Lipinski definition) is 2. The van der Waals surface area contributed by atoms with E-state index in [0.29, 0.717) is 18.9 Å². The average molecular weight is 383 g/mol. The normalized spacial score (nSPS) is 11.7. The molecule has 0 fully saturated rings. The van der Waals surface area contributed by atoms with Crippen LogP contribution >= 0.6 is 0 Å². The molecule has 1 heterocycles. The van der Waals surface area contributed by atoms with E-state index in [4.69, 9.17) is 0 Å². The summed E-state index contributed by atoms with van der Waals surface area (Å²) in [6, 6.07) is 24.9. The molecule has 0 unspecified atom stereocenters. The summed E-state index contributed by atoms with van der Waals surface area (Å²) < 4.78 is 2.21. The number of hydrazone groups is 1. The van der Waals surface area contributed by atoms with Crippen LogP contribution in [0.3, 0.4) is 0 Å². The molecule has 1 N–H and O–H groups in total. The van der Waals surface area contributed by atoms with Crippen LogP contribution in [0, 0.1) is 0 Å². The van der Waals surface area contributed by atoms with Crippen molar-refractivity contribution in [2.75, 3.05) is 0 Å². The van der Waals surface area contributed by atoms with Crippen LogP contribution in [-0.4, -0.2) is 16.7 Å². The van der Waals surface area contributed by atoms with Crippen molar-refractivity contribution in [3.63, 3.8) is 0 Å². The van der Waals surface area contributed by atoms with Gasteiger partial charge in [-0.05, 0) is 29.2 Å². The third kappa shape index (κ3) is 4.06. The molecule has 4 rings (SSSR count). The highest BCUT2D eigenvalue weighted by atomic mass is 16.2. The maximum Gasteiger partial charge on any atom is 0.241 e. The van der Waals surface area contributed by atoms with E-state index in [1.807, 2.05) is 36.4 Å². The zero-order valence-electron chi connectivity index (χ0n) is 16.8. The van der Waals surface area contributed by atoms with E-state index in [1.165, 1.54) is 16.3 Å². The molecule has 0 saturated heterocycles. The van der Waals surface area contributed by atoms with E-state index in [-0.39, 0.29) is 5.91 Å². The molecular weight excluding hydrogens is 358 g/mol. The lowest BCUT2D eigenvalue weighted by atomic mass is 10.0. The lowest BCUT2D eigenvalue weighted by molar-refractivity contribution is -0.121. The molecular formula is C25H25N3O. The smallest absolute Gasteiger partial charge is 0.241 e. The van der Waals surface area contributed by atoms with Gasteiger partial charge in [0.15, 0.2) is 0 Å². The second kappa shape index (κ2) is 8.31. The molecule has 0 bridgehead atoms. The van der Waals surface area contributed by atoms with Crippen molar-refractivity contribution < 1.29 is 4.79 Å². The van der Waals surface area contributed by atoms with Crippen molar-refractivity contribution in [1.82, 2.24) is 9.99 Å². The number of benzene rings is 3. The average Bonchev–Trinajstić information content (AvgIpc) is 3.06. The lowest BCUT2D eigenvalue weighted by Crippen LogP contribution is -2.19. The predicted molar refractivity (Wildman–Crippen MR) is 120 cm³/mol. The number of fused-ring (bicyclic) bond motifs is 3. The van der Waals surface area contributed by atoms with Gasteiger partial charge in [-0.15, -0.1) is 0 Å². The maximum absolute atomic E-state index is 12.3. The van der Waals surface area contributed by atoms with Crippen LogP contribution in [0.5, 0.6) is 0 Å². The number of rotatable bonds is 6. The van der Waals surface area contributed by atoms with Crippen molar-refractivity contribution in [2.45, 2.75) is 32.7 Å². The fraction of sp³-hybridized carbons (Fsp3) is 0.200. The Morgan fingerprint density at radius 2 is 1.52 bits per heavy atom. The summed E-state index contributed by atoms with van der Waals surface area (Å²) in [5, 5.41) is 6.54. The van der Waals surface area contributed by atoms with Gasteiger partial charge in [0, 0.05) is 34.8 Å². The van der Waals surface area contributed by atoms with Gasteiger partial charge in [0.25, 0.3) is 0 Å². The van der Waals surface area contributed by atoms with Crippen LogP contribution in [0.25, 0.3) is 21.8 Å². The Balaban J connectivity index is 1.42. The van der Waals surface area contributed by atoms with Crippen LogP contribution in [-0.2, 0) is 11.3 Å². The van der Waals surface area contributed by atoms with Gasteiger partial charge < -0.3 is 4.57 Å². The Labute approximate surface area is 170 Å². The van der Waals surface area contributed by atoms with E-state index in [1.54, 1.807) is 6.21 Å². The minimum atomic E-state index is -0.0955. The Hall–Kier alpha value is -3.40. The minimum Gasteiger partial charge on any atom is -0.340 e. The highest BCUT2D eigenvalue weighted by Gasteiger charge is 2.10. The molecule has 0 aliphatic rings. The van der Waals surface area contributed by atoms with E-state index >= 15 is 0 Å². The molecule has 0 saturated carbocycles. The van der Waals surface area contributed by atoms with Gasteiger partial charge in [-0.2, -0.15) is 5.10 Å². The molecule has 4 heteroatoms. The zero-order valence-corrected chi connectivity index (χ0v) is 16.8. The Bertz CT molecular complexity index is 1120. The molecule has 146 valence electrons. The molecule has 4 nitrogen and oxygen atoms in total. The topological polar surface area (TPSA) is 46.4 Å². The summed E-state index contributed by atoms with van der Waals surface area (Å²) in [6.07, 6.45) is 2.05. The second-order valence-electron chi connectivity index (χ2n) is 7.55. The van der Waals surface area contributed by atoms with Gasteiger partial charge in [-0.25, -0.2) is 5.43 Å². The standard InChI is InChI=1S/C25H25N3O/c1-18(2)20-13-11-19(12-14-20)17-26-27-25(29)15-16-28-23-9-5-3-7-21(23)22-8-4-6-10-24(22)28/h3-14,17-18H,15-16H2,1-2H3,(H,27,29). The zero-order chi connectivity index (χ0) is 20.2. The Kier molecular flexibility index (Phi) is 5.43. The number of amides is 1. The molecule has 0 radical (unpaired) electrons. The fourth-order valence-electron chi connectivity index (χ4n) is 3.66. The van der Waals surface area contributed by atoms with Crippen LogP contribution in [0.2, 0.25) is 0 Å². The van der Waals surface area contributed by atoms with Crippen LogP contribution in [0.4, 0.5) is 0 Å². The summed E-state index contributed by atoms with van der Waals surface area (Å²) in [7, 11) is 0. The van der Waals surface area contributed by atoms with Crippen LogP contribution in [0.15, 0.2) is 77.9 Å². The molecule has 1 amide bonds. The number of aromatic nitrogens is 1. The first-order valence-corrected chi connectivity index (χ1v) is 10.0. The van der Waals surface area contributed by atoms with Gasteiger partial charge in [0.2, 0.25) is 5.91 Å². The number of nitrogens with one attached hydrogen (secondary N) is 1. The minimum absolute atomic E-state index is 0.0955. The van der Waals surface area contributed by atoms with Crippen molar-refractivity contribution in [3.05, 3.63) is 83.9 Å². The molecule has 1 aromatic heterocycles. The molecule has 3 aromatic carbocycles. The molecule has 29 heavy (non-hydrogen) atoms. The molecule has 4 aromatic rings. The Morgan fingerprint density at radius 1 is 0.931 bits per heavy atom. The SMILES string of the molecule is CC(C)c1ccc(C=NNC(=O)CCn2c3ccccc3c3ccccc32)cc1. The molecule has 0 aliphatic heterocycles. The summed E-state index contributed by atoms with van der Waals surface area (Å²) in [6.45, 7) is 4.94. The van der Waals surface area contributed by atoms with Crippen LogP contribution in [0.1, 0.15) is 37.3 Å². The van der Waals surface area contributed by atoms with E-state index in [9.17, 15) is 4.79 Å². The summed E-state index contributed by atoms with van der Waals surface area (Å²) >= 11 is 0. The predicted octanol–water partition coefficient (Wildman–Crippen LogP) is 5.46. The number of para-hydroxylation sites is 2. The molecule has 0 atom stereocenters. The second-order valence-corrected chi connectivity index (χ2v) is 7.55. The summed E-state index contributed by atoms with van der Waals surface area (Å²) in [4.78, 5) is 12.3. The lowest BCUT2D eigenvalue weighted by Gasteiger charge is -2.07. The van der Waals surface area contributed by atoms with Gasteiger partial charge in [0.05, 0.1) is 6.21 Å². The van der Waals surface area contributed by atoms with E-state index in [0.717, 1.165) is 16.6 Å². The van der Waals surface area contributed by atoms with E-state index < -0.39 is 0 Å². The largest absolute Gasteiger partial charge is 0.340 e. The van der Waals surface area contributed by atoms with Crippen molar-refractivity contribution in [1.29, 1.82) is 0 Å². The van der Waals surface area contributed by atoms with E-state index in [2.05, 4.69) is 65.3 Å². The third-order valence-corrected chi connectivity index (χ3v) is 5.25. The first-order valence-electron chi connectivity index (χ1n) is 10.0. The van der Waals surface area contributed by atoms with Crippen LogP contribution < -0.4 is 5.43 Å². The molecule has 0 aliphatic carbocycles. The first kappa shape index (κ1) is 18.9. The van der Waals surface area contributed by atoms with Crippen molar-refractivity contribution >= 4 is 33.9 Å². The van der Waals surface area contributed by atoms with Gasteiger partial charge >= 0.3 is 0 Å². The Morgan fingerprint density at radius 3 is 2.10 bits per heavy atom. The maximum atomic E-state index is 12.3. The van der Waals surface area contributed by atoms with Gasteiger partial charge in [-0.3, -0.25) is 4.79 Å². The third-order valence-electron chi connectivity index (χ3n) is 5.25. The number of carbonyl (C=O) groups excluding carboxylic acids is 1. The number of hydrogen-bond donors (Lipinski definition) is 1. The van der Waals surface area contributed by atoms with Crippen molar-refractivity contribution in [3.8, 4) is 0 Å². The molecule has 0 spiro atoms. The highest BCUT2D eigenvalue weighted by Crippen LogP contribution is 2.28. The quantitative estimate of drug-likeness (QED) is 0.349. The number of carbonyl (C=O) groups is 1. The summed E-state index contributed by atoms with van der Waals surface area (Å²) in [5.41, 5.74) is 7.20. The van der Waals surface area contributed by atoms with Crippen molar-refractivity contribution in [2.24, 2.45) is 5.10 Å². The number of nitrogens with zero attached hydrogens (tertiary/aromatic N) is 2. The fourth-order valence-corrected chi connectivity index (χ4v) is 3.66. The first-order chi connectivity index (χ1) is 14.1. The monoisotopic (exact) mass is 383 g/mol. The van der Waals surface area contributed by atoms with Gasteiger partial charge in [0.1, 0.15) is 0 Å². The number of aryl methyl sites for hydroxylation is 1. The highest BCUT2D eigenvalue weighted by molar-refractivity contribution is 6.08.